The minimum absolute atomic E-state index is 0.0165. The molecular formula is C22H33N5O4S. The van der Waals surface area contributed by atoms with Crippen LogP contribution in [0.5, 0.6) is 0 Å². The van der Waals surface area contributed by atoms with E-state index in [9.17, 15) is 19.2 Å². The number of aromatic nitrogens is 2. The largest absolute Gasteiger partial charge is 0.383 e. The average molecular weight is 464 g/mol. The zero-order valence-corrected chi connectivity index (χ0v) is 19.6. The predicted octanol–water partition coefficient (Wildman–Crippen LogP) is 2.71. The summed E-state index contributed by atoms with van der Waals surface area (Å²) < 4.78 is 1.32. The first-order chi connectivity index (χ1) is 15.4. The molecule has 4 N–H and O–H groups in total. The van der Waals surface area contributed by atoms with Crippen LogP contribution in [0.25, 0.3) is 0 Å². The van der Waals surface area contributed by atoms with E-state index in [-0.39, 0.29) is 29.7 Å². The van der Waals surface area contributed by atoms with Crippen LogP contribution in [0.2, 0.25) is 0 Å². The number of rotatable bonds is 13. The molecule has 2 amide bonds. The molecule has 0 saturated carbocycles. The van der Waals surface area contributed by atoms with Crippen molar-refractivity contribution in [3.63, 3.8) is 0 Å². The van der Waals surface area contributed by atoms with Crippen molar-refractivity contribution in [2.45, 2.75) is 65.3 Å². The van der Waals surface area contributed by atoms with Gasteiger partial charge in [0, 0.05) is 37.0 Å². The Labute approximate surface area is 191 Å². The third kappa shape index (κ3) is 6.81. The van der Waals surface area contributed by atoms with Gasteiger partial charge in [-0.15, -0.1) is 0 Å². The van der Waals surface area contributed by atoms with Crippen molar-refractivity contribution in [3.8, 4) is 0 Å². The van der Waals surface area contributed by atoms with E-state index in [2.05, 4.69) is 17.2 Å². The summed E-state index contributed by atoms with van der Waals surface area (Å²) in [5, 5.41) is 6.38. The third-order valence-corrected chi connectivity index (χ3v) is 5.83. The molecule has 0 aromatic carbocycles. The van der Waals surface area contributed by atoms with Crippen LogP contribution >= 0.6 is 11.3 Å². The van der Waals surface area contributed by atoms with Crippen molar-refractivity contribution in [2.75, 3.05) is 23.7 Å². The predicted molar refractivity (Wildman–Crippen MR) is 128 cm³/mol. The Morgan fingerprint density at radius 2 is 1.91 bits per heavy atom. The van der Waals surface area contributed by atoms with Crippen LogP contribution in [0.1, 0.15) is 69.2 Å². The number of hydrogen-bond acceptors (Lipinski definition) is 6. The fourth-order valence-corrected chi connectivity index (χ4v) is 3.97. The van der Waals surface area contributed by atoms with Crippen molar-refractivity contribution >= 4 is 34.7 Å². The molecule has 0 atom stereocenters. The number of anilines is 2. The van der Waals surface area contributed by atoms with Gasteiger partial charge < -0.3 is 16.0 Å². The van der Waals surface area contributed by atoms with Gasteiger partial charge in [-0.1, -0.05) is 33.1 Å². The van der Waals surface area contributed by atoms with E-state index in [0.717, 1.165) is 25.7 Å². The lowest BCUT2D eigenvalue weighted by Gasteiger charge is -2.24. The van der Waals surface area contributed by atoms with Gasteiger partial charge in [-0.3, -0.25) is 23.9 Å². The van der Waals surface area contributed by atoms with E-state index >= 15 is 0 Å². The van der Waals surface area contributed by atoms with E-state index in [0.29, 0.717) is 38.0 Å². The Hall–Kier alpha value is -2.88. The lowest BCUT2D eigenvalue weighted by atomic mass is 10.2. The monoisotopic (exact) mass is 463 g/mol. The van der Waals surface area contributed by atoms with Gasteiger partial charge in [-0.25, -0.2) is 4.79 Å². The summed E-state index contributed by atoms with van der Waals surface area (Å²) in [5.41, 5.74) is 5.61. The first-order valence-corrected chi connectivity index (χ1v) is 12.1. The number of nitrogens with zero attached hydrogens (tertiary/aromatic N) is 2. The van der Waals surface area contributed by atoms with Gasteiger partial charge in [0.2, 0.25) is 5.91 Å². The molecule has 2 rings (SSSR count). The smallest absolute Gasteiger partial charge is 0.330 e. The maximum absolute atomic E-state index is 13.0. The molecule has 0 unspecified atom stereocenters. The minimum atomic E-state index is -0.657. The number of nitrogens with one attached hydrogen (secondary N) is 2. The standard InChI is InChI=1S/C22H33N5O4S/c1-3-5-7-13-26(17(28)9-8-11-24-20(29)16-10-14-32-15-16)18-19(23)27(12-6-4-2)22(31)25-21(18)30/h10,14-15H,3-9,11-13,23H2,1-2H3,(H,24,29)(H,25,30,31). The molecule has 2 aromatic heterocycles. The van der Waals surface area contributed by atoms with Crippen molar-refractivity contribution in [1.29, 1.82) is 0 Å². The van der Waals surface area contributed by atoms with Gasteiger partial charge in [-0.2, -0.15) is 11.3 Å². The second-order valence-electron chi connectivity index (χ2n) is 7.62. The molecule has 0 aliphatic carbocycles. The molecule has 0 saturated heterocycles. The second-order valence-corrected chi connectivity index (χ2v) is 8.40. The van der Waals surface area contributed by atoms with E-state index in [1.54, 1.807) is 11.4 Å². The molecule has 2 aromatic rings. The van der Waals surface area contributed by atoms with E-state index in [4.69, 9.17) is 5.73 Å². The number of carbonyl (C=O) groups excluding carboxylic acids is 2. The lowest BCUT2D eigenvalue weighted by molar-refractivity contribution is -0.118. The van der Waals surface area contributed by atoms with E-state index in [1.165, 1.54) is 20.8 Å². The zero-order valence-electron chi connectivity index (χ0n) is 18.8. The van der Waals surface area contributed by atoms with Crippen molar-refractivity contribution in [1.82, 2.24) is 14.9 Å². The van der Waals surface area contributed by atoms with Gasteiger partial charge in [0.05, 0.1) is 0 Å². The average Bonchev–Trinajstić information content (AvgIpc) is 3.30. The summed E-state index contributed by atoms with van der Waals surface area (Å²) >= 11 is 1.44. The molecule has 176 valence electrons. The van der Waals surface area contributed by atoms with Gasteiger partial charge >= 0.3 is 5.69 Å². The molecule has 2 heterocycles. The molecular weight excluding hydrogens is 430 g/mol. The molecule has 0 fully saturated rings. The Balaban J connectivity index is 2.14. The van der Waals surface area contributed by atoms with Gasteiger partial charge in [0.15, 0.2) is 5.69 Å². The summed E-state index contributed by atoms with van der Waals surface area (Å²) in [5.74, 6) is -0.422. The number of carbonyl (C=O) groups is 2. The van der Waals surface area contributed by atoms with Gasteiger partial charge in [0.25, 0.3) is 11.5 Å². The highest BCUT2D eigenvalue weighted by Gasteiger charge is 2.23. The molecule has 0 aliphatic rings. The van der Waals surface area contributed by atoms with Crippen LogP contribution in [0.4, 0.5) is 11.5 Å². The molecule has 0 aliphatic heterocycles. The fourth-order valence-electron chi connectivity index (χ4n) is 3.33. The summed E-state index contributed by atoms with van der Waals surface area (Å²) in [6.07, 6.45) is 4.71. The Morgan fingerprint density at radius 3 is 2.56 bits per heavy atom. The normalized spacial score (nSPS) is 10.8. The Morgan fingerprint density at radius 1 is 1.16 bits per heavy atom. The maximum Gasteiger partial charge on any atom is 0.330 e. The van der Waals surface area contributed by atoms with E-state index in [1.807, 2.05) is 12.3 Å². The number of aromatic amines is 1. The van der Waals surface area contributed by atoms with Crippen LogP contribution in [-0.4, -0.2) is 34.5 Å². The maximum atomic E-state index is 13.0. The van der Waals surface area contributed by atoms with Crippen LogP contribution in [0, 0.1) is 0 Å². The Bertz CT molecular complexity index is 997. The number of nitrogen functional groups attached to an aromatic ring is 1. The molecule has 9 nitrogen and oxygen atoms in total. The first kappa shape index (κ1) is 25.4. The fraction of sp³-hybridized carbons (Fsp3) is 0.545. The highest BCUT2D eigenvalue weighted by atomic mass is 32.1. The zero-order chi connectivity index (χ0) is 23.5. The highest BCUT2D eigenvalue weighted by molar-refractivity contribution is 7.08. The van der Waals surface area contributed by atoms with Crippen molar-refractivity contribution < 1.29 is 9.59 Å². The number of unbranched alkanes of at least 4 members (excludes halogenated alkanes) is 3. The number of H-pyrrole nitrogens is 1. The highest BCUT2D eigenvalue weighted by Crippen LogP contribution is 2.19. The lowest BCUT2D eigenvalue weighted by Crippen LogP contribution is -2.41. The SMILES string of the molecule is CCCCCN(C(=O)CCCNC(=O)c1ccsc1)c1c(N)n(CCCC)c(=O)[nH]c1=O. The van der Waals surface area contributed by atoms with Crippen molar-refractivity contribution in [3.05, 3.63) is 43.2 Å². The quantitative estimate of drug-likeness (QED) is 0.393. The third-order valence-electron chi connectivity index (χ3n) is 5.14. The number of thiophene rings is 1. The van der Waals surface area contributed by atoms with Crippen LogP contribution in [-0.2, 0) is 11.3 Å². The van der Waals surface area contributed by atoms with Crippen LogP contribution in [0.3, 0.4) is 0 Å². The van der Waals surface area contributed by atoms with Crippen LogP contribution < -0.4 is 27.2 Å². The minimum Gasteiger partial charge on any atom is -0.383 e. The van der Waals surface area contributed by atoms with Gasteiger partial charge in [0.1, 0.15) is 5.82 Å². The number of hydrogen-bond donors (Lipinski definition) is 3. The molecule has 0 radical (unpaired) electrons. The number of nitrogens with two attached hydrogens (primary N) is 1. The summed E-state index contributed by atoms with van der Waals surface area (Å²) in [4.78, 5) is 53.6. The van der Waals surface area contributed by atoms with Gasteiger partial charge in [-0.05, 0) is 30.7 Å². The summed E-state index contributed by atoms with van der Waals surface area (Å²) in [6, 6.07) is 1.74. The summed E-state index contributed by atoms with van der Waals surface area (Å²) in [7, 11) is 0. The summed E-state index contributed by atoms with van der Waals surface area (Å²) in [6.45, 7) is 5.09. The van der Waals surface area contributed by atoms with Crippen molar-refractivity contribution in [2.24, 2.45) is 0 Å². The second kappa shape index (κ2) is 12.8. The first-order valence-electron chi connectivity index (χ1n) is 11.1. The molecule has 32 heavy (non-hydrogen) atoms. The van der Waals surface area contributed by atoms with Crippen LogP contribution in [0.15, 0.2) is 26.4 Å². The molecule has 0 spiro atoms. The number of amides is 2. The molecule has 0 bridgehead atoms. The topological polar surface area (TPSA) is 130 Å². The Kier molecular flexibility index (Phi) is 10.2. The van der Waals surface area contributed by atoms with E-state index < -0.39 is 11.2 Å². The molecule has 10 heteroatoms.